The maximum atomic E-state index is 10.0. The van der Waals surface area contributed by atoms with Crippen molar-refractivity contribution in [3.05, 3.63) is 0 Å². The fourth-order valence-electron chi connectivity index (χ4n) is 1.18. The Morgan fingerprint density at radius 3 is 2.06 bits per heavy atom. The van der Waals surface area contributed by atoms with E-state index in [1.807, 2.05) is 6.92 Å². The Labute approximate surface area is 105 Å². The highest BCUT2D eigenvalue weighted by molar-refractivity contribution is 5.66. The minimum atomic E-state index is -0.677. The zero-order chi connectivity index (χ0) is 13.7. The number of aliphatic hydroxyl groups excluding tert-OH is 2. The maximum Gasteiger partial charge on any atom is 0.303 e. The number of hydrogen-bond donors (Lipinski definition) is 3. The van der Waals surface area contributed by atoms with Crippen molar-refractivity contribution in [2.24, 2.45) is 5.92 Å². The largest absolute Gasteiger partial charge is 0.481 e. The van der Waals surface area contributed by atoms with Crippen molar-refractivity contribution in [2.75, 3.05) is 6.61 Å². The Hall–Kier alpha value is -0.610. The van der Waals surface area contributed by atoms with E-state index in [9.17, 15) is 4.79 Å². The lowest BCUT2D eigenvalue weighted by Crippen LogP contribution is -2.05. The summed E-state index contributed by atoms with van der Waals surface area (Å²) < 4.78 is 0. The smallest absolute Gasteiger partial charge is 0.303 e. The molecule has 4 nitrogen and oxygen atoms in total. The third-order valence-electron chi connectivity index (χ3n) is 2.36. The lowest BCUT2D eigenvalue weighted by atomic mass is 10.1. The van der Waals surface area contributed by atoms with E-state index >= 15 is 0 Å². The summed E-state index contributed by atoms with van der Waals surface area (Å²) in [7, 11) is 0. The second-order valence-corrected chi connectivity index (χ2v) is 4.61. The minimum absolute atomic E-state index is 0.0923. The van der Waals surface area contributed by atoms with Crippen LogP contribution < -0.4 is 0 Å². The first-order chi connectivity index (χ1) is 7.93. The molecule has 0 fully saturated rings. The van der Waals surface area contributed by atoms with E-state index in [0.717, 1.165) is 25.7 Å². The fourth-order valence-corrected chi connectivity index (χ4v) is 1.18. The van der Waals surface area contributed by atoms with Crippen molar-refractivity contribution in [3.8, 4) is 0 Å². The summed E-state index contributed by atoms with van der Waals surface area (Å²) in [6, 6.07) is 0. The van der Waals surface area contributed by atoms with Crippen LogP contribution in [0.2, 0.25) is 0 Å². The summed E-state index contributed by atoms with van der Waals surface area (Å²) in [5.41, 5.74) is 0. The molecule has 0 rings (SSSR count). The van der Waals surface area contributed by atoms with Crippen molar-refractivity contribution >= 4 is 5.97 Å². The summed E-state index contributed by atoms with van der Waals surface area (Å²) in [5.74, 6) is 0.0255. The zero-order valence-electron chi connectivity index (χ0n) is 11.4. The van der Waals surface area contributed by atoms with E-state index in [4.69, 9.17) is 15.3 Å². The summed E-state index contributed by atoms with van der Waals surface area (Å²) in [5, 5.41) is 25.2. The molecular formula is C13H28O4. The van der Waals surface area contributed by atoms with E-state index in [0.29, 0.717) is 18.8 Å². The van der Waals surface area contributed by atoms with Gasteiger partial charge in [-0.15, -0.1) is 0 Å². The number of carbonyl (C=O) groups is 1. The quantitative estimate of drug-likeness (QED) is 0.576. The van der Waals surface area contributed by atoms with Gasteiger partial charge in [0.1, 0.15) is 0 Å². The Balaban J connectivity index is 0. The van der Waals surface area contributed by atoms with Gasteiger partial charge in [-0.1, -0.05) is 33.6 Å². The molecule has 3 N–H and O–H groups in total. The van der Waals surface area contributed by atoms with Gasteiger partial charge in [-0.05, 0) is 25.2 Å². The summed E-state index contributed by atoms with van der Waals surface area (Å²) in [6.45, 7) is 6.29. The van der Waals surface area contributed by atoms with E-state index in [2.05, 4.69) is 13.8 Å². The van der Waals surface area contributed by atoms with Crippen LogP contribution in [0.15, 0.2) is 0 Å². The highest BCUT2D eigenvalue weighted by Crippen LogP contribution is 2.07. The molecule has 0 amide bonds. The van der Waals surface area contributed by atoms with Crippen LogP contribution in [0.5, 0.6) is 0 Å². The van der Waals surface area contributed by atoms with E-state index < -0.39 is 5.97 Å². The van der Waals surface area contributed by atoms with Crippen molar-refractivity contribution in [3.63, 3.8) is 0 Å². The van der Waals surface area contributed by atoms with Gasteiger partial charge in [0.25, 0.3) is 0 Å². The van der Waals surface area contributed by atoms with Crippen LogP contribution in [-0.2, 0) is 4.79 Å². The number of aliphatic hydroxyl groups is 2. The third kappa shape index (κ3) is 21.3. The molecule has 0 aromatic heterocycles. The van der Waals surface area contributed by atoms with Crippen LogP contribution in [-0.4, -0.2) is 34.0 Å². The molecule has 0 aliphatic rings. The normalized spacial score (nSPS) is 11.9. The molecule has 0 saturated carbocycles. The molecule has 17 heavy (non-hydrogen) atoms. The summed E-state index contributed by atoms with van der Waals surface area (Å²) >= 11 is 0. The Morgan fingerprint density at radius 2 is 1.76 bits per heavy atom. The Morgan fingerprint density at radius 1 is 1.18 bits per heavy atom. The number of unbranched alkanes of at least 4 members (excludes halogenated alkanes) is 1. The molecule has 0 aliphatic heterocycles. The first-order valence-corrected chi connectivity index (χ1v) is 6.44. The standard InChI is InChI=1S/C8H16O2.C5H12O2/c1-7(2)5-3-4-6-8(9)10;1-2-5(7)3-4-6/h7H,3-6H2,1-2H3,(H,9,10);5-7H,2-4H2,1H3. The van der Waals surface area contributed by atoms with Crippen LogP contribution in [0.1, 0.15) is 59.3 Å². The number of rotatable bonds is 8. The predicted molar refractivity (Wildman–Crippen MR) is 68.9 cm³/mol. The number of aliphatic carboxylic acids is 1. The van der Waals surface area contributed by atoms with Crippen molar-refractivity contribution < 1.29 is 20.1 Å². The molecule has 0 spiro atoms. The average molecular weight is 248 g/mol. The van der Waals surface area contributed by atoms with Gasteiger partial charge in [-0.25, -0.2) is 0 Å². The van der Waals surface area contributed by atoms with E-state index in [1.165, 1.54) is 0 Å². The summed E-state index contributed by atoms with van der Waals surface area (Å²) in [6.07, 6.45) is 4.29. The molecule has 0 aromatic rings. The molecule has 0 saturated heterocycles. The number of hydrogen-bond acceptors (Lipinski definition) is 3. The SMILES string of the molecule is CC(C)CCCCC(=O)O.CCC(O)CCO. The molecule has 0 aromatic carbocycles. The number of carboxylic acid groups (broad SMARTS) is 1. The predicted octanol–water partition coefficient (Wildman–Crippen LogP) is 2.43. The minimum Gasteiger partial charge on any atom is -0.481 e. The molecular weight excluding hydrogens is 220 g/mol. The molecule has 0 aliphatic carbocycles. The van der Waals surface area contributed by atoms with Crippen molar-refractivity contribution in [1.29, 1.82) is 0 Å². The molecule has 104 valence electrons. The molecule has 1 atom stereocenters. The third-order valence-corrected chi connectivity index (χ3v) is 2.36. The van der Waals surface area contributed by atoms with Crippen LogP contribution >= 0.6 is 0 Å². The van der Waals surface area contributed by atoms with E-state index in [1.54, 1.807) is 0 Å². The van der Waals surface area contributed by atoms with Crippen molar-refractivity contribution in [2.45, 2.75) is 65.4 Å². The summed E-state index contributed by atoms with van der Waals surface area (Å²) in [4.78, 5) is 10.0. The van der Waals surface area contributed by atoms with Gasteiger partial charge in [0, 0.05) is 13.0 Å². The molecule has 4 heteroatoms. The molecule has 1 unspecified atom stereocenters. The van der Waals surface area contributed by atoms with Gasteiger partial charge < -0.3 is 15.3 Å². The second-order valence-electron chi connectivity index (χ2n) is 4.61. The van der Waals surface area contributed by atoms with Crippen LogP contribution in [0, 0.1) is 5.92 Å². The van der Waals surface area contributed by atoms with Gasteiger partial charge in [0.05, 0.1) is 6.10 Å². The van der Waals surface area contributed by atoms with Crippen LogP contribution in [0.25, 0.3) is 0 Å². The second kappa shape index (κ2) is 13.5. The van der Waals surface area contributed by atoms with Gasteiger partial charge >= 0.3 is 5.97 Å². The van der Waals surface area contributed by atoms with Crippen molar-refractivity contribution in [1.82, 2.24) is 0 Å². The Bertz CT molecular complexity index is 169. The Kier molecular flexibility index (Phi) is 14.8. The van der Waals surface area contributed by atoms with Crippen LogP contribution in [0.3, 0.4) is 0 Å². The zero-order valence-corrected chi connectivity index (χ0v) is 11.4. The highest BCUT2D eigenvalue weighted by atomic mass is 16.4. The average Bonchev–Trinajstić information content (AvgIpc) is 2.25. The monoisotopic (exact) mass is 248 g/mol. The lowest BCUT2D eigenvalue weighted by molar-refractivity contribution is -0.137. The first kappa shape index (κ1) is 18.7. The fraction of sp³-hybridized carbons (Fsp3) is 0.923. The van der Waals surface area contributed by atoms with Gasteiger partial charge in [0.15, 0.2) is 0 Å². The topological polar surface area (TPSA) is 77.8 Å². The van der Waals surface area contributed by atoms with Gasteiger partial charge in [-0.3, -0.25) is 4.79 Å². The van der Waals surface area contributed by atoms with Gasteiger partial charge in [-0.2, -0.15) is 0 Å². The molecule has 0 radical (unpaired) electrons. The number of carboxylic acids is 1. The molecule has 0 heterocycles. The maximum absolute atomic E-state index is 10.0. The van der Waals surface area contributed by atoms with Gasteiger partial charge in [0.2, 0.25) is 0 Å². The molecule has 0 bridgehead atoms. The first-order valence-electron chi connectivity index (χ1n) is 6.44. The van der Waals surface area contributed by atoms with E-state index in [-0.39, 0.29) is 12.7 Å². The van der Waals surface area contributed by atoms with Crippen LogP contribution in [0.4, 0.5) is 0 Å². The highest BCUT2D eigenvalue weighted by Gasteiger charge is 1.97. The lowest BCUT2D eigenvalue weighted by Gasteiger charge is -2.01.